The molecule has 0 bridgehead atoms. The predicted octanol–water partition coefficient (Wildman–Crippen LogP) is -0.0550. The molecule has 0 atom stereocenters. The third-order valence-corrected chi connectivity index (χ3v) is 0. The molecule has 0 aliphatic rings. The first-order valence-electron chi connectivity index (χ1n) is 3.25. The molecule has 118 valence electrons. The van der Waals surface area contributed by atoms with Gasteiger partial charge >= 0.3 is 40.6 Å². The molecule has 0 aromatic rings. The fourth-order valence-electron chi connectivity index (χ4n) is 0. The van der Waals surface area contributed by atoms with Crippen molar-refractivity contribution in [2.75, 3.05) is 6.79 Å². The van der Waals surface area contributed by atoms with Gasteiger partial charge in [-0.3, -0.25) is 0 Å². The van der Waals surface area contributed by atoms with Crippen LogP contribution in [0.25, 0.3) is 0 Å². The Kier molecular flexibility index (Phi) is 23.6. The summed E-state index contributed by atoms with van der Waals surface area (Å²) in [6.45, 7) is -0.750. The first-order valence-corrected chi connectivity index (χ1v) is 3.25. The van der Waals surface area contributed by atoms with Crippen LogP contribution in [0.2, 0.25) is 0 Å². The second-order valence-electron chi connectivity index (χ2n) is 1.63. The SMILES string of the molecule is F[B-](F)(F)F.F[B-](F)(F)F.F[B-](F)(F)F.OCO.[H-].[Li+]. The minimum atomic E-state index is -6.00. The van der Waals surface area contributed by atoms with E-state index < -0.39 is 28.6 Å². The number of hydrogen-bond acceptors (Lipinski definition) is 2. The van der Waals surface area contributed by atoms with E-state index in [1.807, 2.05) is 0 Å². The van der Waals surface area contributed by atoms with E-state index >= 15 is 0 Å². The smallest absolute Gasteiger partial charge is 1.00 e. The van der Waals surface area contributed by atoms with Gasteiger partial charge in [0.15, 0.2) is 0 Å². The summed E-state index contributed by atoms with van der Waals surface area (Å²) >= 11 is 0. The minimum Gasteiger partial charge on any atom is -1.00 e. The number of rotatable bonds is 0. The molecule has 0 amide bonds. The summed E-state index contributed by atoms with van der Waals surface area (Å²) in [6.07, 6.45) is 0. The molecular weight excluding hydrogens is 311 g/mol. The van der Waals surface area contributed by atoms with Gasteiger partial charge in [0.25, 0.3) is 0 Å². The van der Waals surface area contributed by atoms with E-state index in [1.165, 1.54) is 0 Å². The van der Waals surface area contributed by atoms with E-state index in [2.05, 4.69) is 0 Å². The summed E-state index contributed by atoms with van der Waals surface area (Å²) in [5.74, 6) is 0. The van der Waals surface area contributed by atoms with Crippen molar-refractivity contribution in [2.45, 2.75) is 0 Å². The fourth-order valence-corrected chi connectivity index (χ4v) is 0. The van der Waals surface area contributed by atoms with Crippen molar-refractivity contribution < 1.29 is 82.3 Å². The molecule has 0 spiro atoms. The van der Waals surface area contributed by atoms with Gasteiger partial charge in [-0.1, -0.05) is 0 Å². The van der Waals surface area contributed by atoms with E-state index in [0.29, 0.717) is 0 Å². The average Bonchev–Trinajstić information content (AvgIpc) is 1.71. The first-order chi connectivity index (χ1) is 7.41. The van der Waals surface area contributed by atoms with Crippen LogP contribution in [-0.4, -0.2) is 38.8 Å². The summed E-state index contributed by atoms with van der Waals surface area (Å²) in [7, 11) is -18.0. The van der Waals surface area contributed by atoms with Crippen molar-refractivity contribution in [2.24, 2.45) is 0 Å². The van der Waals surface area contributed by atoms with Crippen molar-refractivity contribution in [3.05, 3.63) is 0 Å². The molecule has 2 nitrogen and oxygen atoms in total. The van der Waals surface area contributed by atoms with E-state index in [0.717, 1.165) is 0 Å². The number of aliphatic hydroxyl groups is 2. The van der Waals surface area contributed by atoms with Gasteiger partial charge in [0.05, 0.1) is 0 Å². The maximum atomic E-state index is 9.75. The number of hydrogen-bond donors (Lipinski definition) is 2. The molecule has 19 heavy (non-hydrogen) atoms. The molecule has 0 rings (SSSR count). The zero-order valence-electron chi connectivity index (χ0n) is 9.87. The number of aliphatic hydroxyl groups excluding tert-OH is 1. The van der Waals surface area contributed by atoms with E-state index in [1.54, 1.807) is 0 Å². The third kappa shape index (κ3) is 276000. The summed E-state index contributed by atoms with van der Waals surface area (Å²) < 4.78 is 117. The minimum absolute atomic E-state index is 0. The number of halogens is 12. The fraction of sp³-hybridized carbons (Fsp3) is 1.00. The zero-order chi connectivity index (χ0) is 16.2. The van der Waals surface area contributed by atoms with Crippen LogP contribution in [0.1, 0.15) is 1.43 Å². The van der Waals surface area contributed by atoms with Crippen LogP contribution < -0.4 is 18.9 Å². The van der Waals surface area contributed by atoms with Crippen LogP contribution in [0.5, 0.6) is 0 Å². The van der Waals surface area contributed by atoms with Crippen molar-refractivity contribution in [1.29, 1.82) is 0 Å². The topological polar surface area (TPSA) is 40.5 Å². The molecule has 0 radical (unpaired) electrons. The Hall–Kier alpha value is -0.128. The van der Waals surface area contributed by atoms with Gasteiger partial charge in [-0.25, -0.2) is 0 Å². The zero-order valence-corrected chi connectivity index (χ0v) is 8.87. The van der Waals surface area contributed by atoms with Crippen LogP contribution in [0.15, 0.2) is 0 Å². The second-order valence-corrected chi connectivity index (χ2v) is 1.63. The molecule has 0 fully saturated rings. The summed E-state index contributed by atoms with van der Waals surface area (Å²) in [6, 6.07) is 0. The molecule has 0 aromatic heterocycles. The van der Waals surface area contributed by atoms with Crippen molar-refractivity contribution in [3.63, 3.8) is 0 Å². The quantitative estimate of drug-likeness (QED) is 0.374. The van der Waals surface area contributed by atoms with E-state index in [4.69, 9.17) is 10.2 Å². The first kappa shape index (κ1) is 31.3. The molecule has 0 heterocycles. The maximum Gasteiger partial charge on any atom is 1.00 e. The van der Waals surface area contributed by atoms with Crippen LogP contribution in [-0.2, 0) is 0 Å². The Bertz CT molecular complexity index is 123. The van der Waals surface area contributed by atoms with Gasteiger partial charge < -0.3 is 63.4 Å². The Morgan fingerprint density at radius 2 is 0.526 bits per heavy atom. The monoisotopic (exact) mass is 317 g/mol. The molecule has 0 saturated heterocycles. The summed E-state index contributed by atoms with van der Waals surface area (Å²) in [5.41, 5.74) is 0. The molecule has 2 N–H and O–H groups in total. The molecule has 18 heteroatoms. The average molecular weight is 316 g/mol. The third-order valence-electron chi connectivity index (χ3n) is 0. The molecule has 0 saturated carbocycles. The van der Waals surface area contributed by atoms with Crippen LogP contribution >= 0.6 is 0 Å². The van der Waals surface area contributed by atoms with Crippen LogP contribution in [0.3, 0.4) is 0 Å². The van der Waals surface area contributed by atoms with E-state index in [-0.39, 0.29) is 20.3 Å². The molecule has 0 aliphatic heterocycles. The maximum absolute atomic E-state index is 9.75. The predicted molar refractivity (Wildman–Crippen MR) is 41.0 cm³/mol. The largest absolute Gasteiger partial charge is 1.00 e. The summed E-state index contributed by atoms with van der Waals surface area (Å²) in [5, 5.41) is 14.2. The summed E-state index contributed by atoms with van der Waals surface area (Å²) in [4.78, 5) is 0. The Labute approximate surface area is 112 Å². The van der Waals surface area contributed by atoms with Gasteiger partial charge in [0.1, 0.15) is 6.79 Å². The van der Waals surface area contributed by atoms with Gasteiger partial charge in [0, 0.05) is 0 Å². The Morgan fingerprint density at radius 3 is 0.526 bits per heavy atom. The van der Waals surface area contributed by atoms with Gasteiger partial charge in [-0.2, -0.15) is 0 Å². The van der Waals surface area contributed by atoms with Crippen molar-refractivity contribution in [1.82, 2.24) is 0 Å². The van der Waals surface area contributed by atoms with Crippen LogP contribution in [0, 0.1) is 0 Å². The van der Waals surface area contributed by atoms with Crippen molar-refractivity contribution >= 4 is 21.8 Å². The molecule has 0 aromatic carbocycles. The molecule has 0 aliphatic carbocycles. The Balaban J connectivity index is -0.0000000321. The normalized spacial score (nSPS) is 10.4. The van der Waals surface area contributed by atoms with Gasteiger partial charge in [-0.15, -0.1) is 0 Å². The standard InChI is InChI=1S/CH4O2.3BF4.Li.H/c2-1-3;3*2-1(3,4)5;;/h2-3H,1H2;;;;;/q;3*-1;+1;-1. The van der Waals surface area contributed by atoms with Crippen molar-refractivity contribution in [3.8, 4) is 0 Å². The van der Waals surface area contributed by atoms with Gasteiger partial charge in [0.2, 0.25) is 0 Å². The molecule has 0 unspecified atom stereocenters. The van der Waals surface area contributed by atoms with E-state index in [9.17, 15) is 51.8 Å². The van der Waals surface area contributed by atoms with Gasteiger partial charge in [-0.05, 0) is 0 Å². The second kappa shape index (κ2) is 14.3. The molecular formula is CH5B3F12LiO2-3. The van der Waals surface area contributed by atoms with Crippen LogP contribution in [0.4, 0.5) is 51.8 Å². The Morgan fingerprint density at radius 1 is 0.526 bits per heavy atom.